The van der Waals surface area contributed by atoms with Gasteiger partial charge in [0, 0.05) is 18.2 Å². The van der Waals surface area contributed by atoms with Crippen LogP contribution in [0.15, 0.2) is 18.2 Å². The van der Waals surface area contributed by atoms with Gasteiger partial charge in [-0.2, -0.15) is 0 Å². The van der Waals surface area contributed by atoms with Crippen LogP contribution in [0.25, 0.3) is 0 Å². The van der Waals surface area contributed by atoms with Gasteiger partial charge >= 0.3 is 0 Å². The van der Waals surface area contributed by atoms with E-state index in [1.165, 1.54) is 12.1 Å². The van der Waals surface area contributed by atoms with E-state index < -0.39 is 5.82 Å². The van der Waals surface area contributed by atoms with E-state index in [2.05, 4.69) is 5.32 Å². The molecule has 0 atom stereocenters. The molecule has 1 N–H and O–H groups in total. The van der Waals surface area contributed by atoms with E-state index >= 15 is 0 Å². The van der Waals surface area contributed by atoms with Gasteiger partial charge < -0.3 is 10.1 Å². The summed E-state index contributed by atoms with van der Waals surface area (Å²) in [5, 5.41) is 2.88. The number of ether oxygens (including phenoxy) is 1. The normalized spacial score (nSPS) is 16.0. The van der Waals surface area contributed by atoms with Gasteiger partial charge in [-0.25, -0.2) is 4.39 Å². The number of hydrogen-bond donors (Lipinski definition) is 1. The molecule has 1 amide bonds. The first kappa shape index (κ1) is 17.2. The van der Waals surface area contributed by atoms with Crippen LogP contribution in [-0.2, 0) is 9.53 Å². The third-order valence-corrected chi connectivity index (χ3v) is 4.11. The summed E-state index contributed by atoms with van der Waals surface area (Å²) in [6.45, 7) is 2.77. The molecule has 0 radical (unpaired) electrons. The lowest BCUT2D eigenvalue weighted by molar-refractivity contribution is -0.117. The van der Waals surface area contributed by atoms with Crippen molar-refractivity contribution in [1.82, 2.24) is 4.90 Å². The Morgan fingerprint density at radius 3 is 2.86 bits per heavy atom. The highest BCUT2D eigenvalue weighted by Gasteiger charge is 2.15. The van der Waals surface area contributed by atoms with E-state index in [0.717, 1.165) is 39.0 Å². The molecule has 122 valence electrons. The standard InChI is InChI=1S/C16H22ClFN2O2/c1-20(7-4-12-5-8-22-9-6-12)11-16(21)19-15-3-2-13(17)10-14(15)18/h2-3,10,12H,4-9,11H2,1H3,(H,19,21). The van der Waals surface area contributed by atoms with Crippen LogP contribution in [0.5, 0.6) is 0 Å². The number of carbonyl (C=O) groups excluding carboxylic acids is 1. The third-order valence-electron chi connectivity index (χ3n) is 3.88. The van der Waals surface area contributed by atoms with Crippen molar-refractivity contribution in [3.8, 4) is 0 Å². The third kappa shape index (κ3) is 5.55. The zero-order valence-electron chi connectivity index (χ0n) is 12.8. The molecule has 1 aliphatic heterocycles. The van der Waals surface area contributed by atoms with Gasteiger partial charge in [0.2, 0.25) is 5.91 Å². The lowest BCUT2D eigenvalue weighted by Crippen LogP contribution is -2.32. The summed E-state index contributed by atoms with van der Waals surface area (Å²) in [5.74, 6) is -0.0746. The van der Waals surface area contributed by atoms with E-state index in [-0.39, 0.29) is 18.1 Å². The number of amides is 1. The highest BCUT2D eigenvalue weighted by Crippen LogP contribution is 2.20. The molecule has 1 saturated heterocycles. The first-order chi connectivity index (χ1) is 10.5. The Kier molecular flexibility index (Phi) is 6.61. The second-order valence-corrected chi connectivity index (χ2v) is 6.19. The number of hydrogen-bond acceptors (Lipinski definition) is 3. The first-order valence-corrected chi connectivity index (χ1v) is 7.93. The molecule has 6 heteroatoms. The lowest BCUT2D eigenvalue weighted by atomic mass is 9.96. The Morgan fingerprint density at radius 1 is 1.45 bits per heavy atom. The highest BCUT2D eigenvalue weighted by atomic mass is 35.5. The molecule has 1 aromatic rings. The molecule has 0 aliphatic carbocycles. The fraction of sp³-hybridized carbons (Fsp3) is 0.562. The second kappa shape index (κ2) is 8.46. The molecule has 0 spiro atoms. The van der Waals surface area contributed by atoms with Crippen LogP contribution in [0.2, 0.25) is 5.02 Å². The number of nitrogens with zero attached hydrogens (tertiary/aromatic N) is 1. The van der Waals surface area contributed by atoms with Gasteiger partial charge in [0.1, 0.15) is 5.82 Å². The highest BCUT2D eigenvalue weighted by molar-refractivity contribution is 6.30. The SMILES string of the molecule is CN(CCC1CCOCC1)CC(=O)Nc1ccc(Cl)cc1F. The van der Waals surface area contributed by atoms with Crippen LogP contribution in [-0.4, -0.2) is 44.2 Å². The second-order valence-electron chi connectivity index (χ2n) is 5.75. The molecule has 4 nitrogen and oxygen atoms in total. The molecule has 1 heterocycles. The van der Waals surface area contributed by atoms with E-state index in [1.54, 1.807) is 6.07 Å². The van der Waals surface area contributed by atoms with Crippen LogP contribution in [0.1, 0.15) is 19.3 Å². The van der Waals surface area contributed by atoms with Crippen molar-refractivity contribution in [1.29, 1.82) is 0 Å². The van der Waals surface area contributed by atoms with Crippen molar-refractivity contribution in [2.24, 2.45) is 5.92 Å². The Labute approximate surface area is 135 Å². The summed E-state index contributed by atoms with van der Waals surface area (Å²) in [6.07, 6.45) is 3.24. The molecule has 22 heavy (non-hydrogen) atoms. The summed E-state index contributed by atoms with van der Waals surface area (Å²) in [5.41, 5.74) is 0.159. The first-order valence-electron chi connectivity index (χ1n) is 7.56. The zero-order chi connectivity index (χ0) is 15.9. The van der Waals surface area contributed by atoms with Gasteiger partial charge in [-0.3, -0.25) is 9.69 Å². The minimum atomic E-state index is -0.522. The number of carbonyl (C=O) groups is 1. The number of nitrogens with one attached hydrogen (secondary N) is 1. The summed E-state index contributed by atoms with van der Waals surface area (Å²) >= 11 is 5.68. The van der Waals surface area contributed by atoms with Crippen molar-refractivity contribution in [2.75, 3.05) is 38.7 Å². The lowest BCUT2D eigenvalue weighted by Gasteiger charge is -2.24. The summed E-state index contributed by atoms with van der Waals surface area (Å²) < 4.78 is 18.9. The fourth-order valence-electron chi connectivity index (χ4n) is 2.54. The van der Waals surface area contributed by atoms with E-state index in [9.17, 15) is 9.18 Å². The fourth-order valence-corrected chi connectivity index (χ4v) is 2.70. The maximum absolute atomic E-state index is 13.6. The number of rotatable bonds is 6. The predicted octanol–water partition coefficient (Wildman–Crippen LogP) is 3.17. The van der Waals surface area contributed by atoms with Crippen LogP contribution >= 0.6 is 11.6 Å². The van der Waals surface area contributed by atoms with Crippen LogP contribution < -0.4 is 5.32 Å². The molecular formula is C16H22ClFN2O2. The van der Waals surface area contributed by atoms with Gasteiger partial charge in [-0.05, 0) is 57.0 Å². The van der Waals surface area contributed by atoms with Gasteiger partial charge in [0.05, 0.1) is 12.2 Å². The van der Waals surface area contributed by atoms with Gasteiger partial charge in [-0.15, -0.1) is 0 Å². The molecule has 0 aromatic heterocycles. The minimum absolute atomic E-state index is 0.159. The quantitative estimate of drug-likeness (QED) is 0.872. The summed E-state index contributed by atoms with van der Waals surface area (Å²) in [4.78, 5) is 13.9. The Hall–Kier alpha value is -1.17. The molecule has 1 aromatic carbocycles. The van der Waals surface area contributed by atoms with Gasteiger partial charge in [0.25, 0.3) is 0 Å². The molecular weight excluding hydrogens is 307 g/mol. The van der Waals surface area contributed by atoms with Crippen molar-refractivity contribution in [3.05, 3.63) is 29.0 Å². The van der Waals surface area contributed by atoms with Crippen molar-refractivity contribution >= 4 is 23.2 Å². The number of halogens is 2. The number of benzene rings is 1. The van der Waals surface area contributed by atoms with Gasteiger partial charge in [0.15, 0.2) is 0 Å². The molecule has 0 bridgehead atoms. The molecule has 1 aliphatic rings. The number of anilines is 1. The van der Waals surface area contributed by atoms with Crippen LogP contribution in [0.3, 0.4) is 0 Å². The predicted molar refractivity (Wildman–Crippen MR) is 85.7 cm³/mol. The summed E-state index contributed by atoms with van der Waals surface area (Å²) in [7, 11) is 1.90. The largest absolute Gasteiger partial charge is 0.381 e. The minimum Gasteiger partial charge on any atom is -0.381 e. The van der Waals surface area contributed by atoms with E-state index in [4.69, 9.17) is 16.3 Å². The topological polar surface area (TPSA) is 41.6 Å². The average Bonchev–Trinajstić information content (AvgIpc) is 2.49. The Balaban J connectivity index is 1.73. The van der Waals surface area contributed by atoms with Crippen molar-refractivity contribution < 1.29 is 13.9 Å². The van der Waals surface area contributed by atoms with Gasteiger partial charge in [-0.1, -0.05) is 11.6 Å². The van der Waals surface area contributed by atoms with E-state index in [1.807, 2.05) is 11.9 Å². The zero-order valence-corrected chi connectivity index (χ0v) is 13.5. The Morgan fingerprint density at radius 2 is 2.18 bits per heavy atom. The molecule has 0 saturated carbocycles. The maximum atomic E-state index is 13.6. The average molecular weight is 329 g/mol. The van der Waals surface area contributed by atoms with Crippen LogP contribution in [0, 0.1) is 11.7 Å². The van der Waals surface area contributed by atoms with Crippen molar-refractivity contribution in [3.63, 3.8) is 0 Å². The molecule has 2 rings (SSSR count). The number of likely N-dealkylation sites (N-methyl/N-ethyl adjacent to an activating group) is 1. The van der Waals surface area contributed by atoms with E-state index in [0.29, 0.717) is 10.9 Å². The Bertz CT molecular complexity index is 507. The monoisotopic (exact) mass is 328 g/mol. The maximum Gasteiger partial charge on any atom is 0.238 e. The molecule has 1 fully saturated rings. The summed E-state index contributed by atoms with van der Waals surface area (Å²) in [6, 6.07) is 4.21. The van der Waals surface area contributed by atoms with Crippen molar-refractivity contribution in [2.45, 2.75) is 19.3 Å². The smallest absolute Gasteiger partial charge is 0.238 e. The van der Waals surface area contributed by atoms with Crippen LogP contribution in [0.4, 0.5) is 10.1 Å². The molecule has 0 unspecified atom stereocenters.